The van der Waals surface area contributed by atoms with Crippen molar-refractivity contribution in [2.45, 2.75) is 0 Å². The molecule has 0 aromatic rings. The molecule has 1 radical (unpaired) electrons. The van der Waals surface area contributed by atoms with E-state index in [1.165, 1.54) is 0 Å². The summed E-state index contributed by atoms with van der Waals surface area (Å²) in [5, 5.41) is 0. The molecular formula is H6EuO7P2Sr. The van der Waals surface area contributed by atoms with Gasteiger partial charge >= 0.3 is 61.1 Å². The van der Waals surface area contributed by atoms with Crippen LogP contribution in [-0.4, -0.2) is 65.1 Å². The Morgan fingerprint density at radius 2 is 1.09 bits per heavy atom. The molecule has 0 spiro atoms. The molecule has 0 bridgehead atoms. The first-order chi connectivity index (χ1) is 3.71. The Hall–Kier alpha value is 3.32. The zero-order valence-corrected chi connectivity index (χ0v) is 8.50. The van der Waals surface area contributed by atoms with E-state index in [9.17, 15) is 9.13 Å². The standard InChI is InChI=1S/Eu.H4O7P2.Sr.2H/c;1-8(2,3)7-9(4,5)6;;;/h;(H2,1,2,3)(H2,4,5,6);;;. The van der Waals surface area contributed by atoms with Crippen LogP contribution in [0.1, 0.15) is 0 Å². The predicted octanol–water partition coefficient (Wildman–Crippen LogP) is -1.73. The van der Waals surface area contributed by atoms with Gasteiger partial charge in [0.05, 0.1) is 0 Å². The Balaban J connectivity index is -0.000000320. The minimum absolute atomic E-state index is 0. The molecule has 0 aliphatic heterocycles. The number of hydrogen-bond donors (Lipinski definition) is 4. The molecule has 0 amide bonds. The molecule has 0 rings (SSSR count). The summed E-state index contributed by atoms with van der Waals surface area (Å²) >= 11 is 0. The van der Waals surface area contributed by atoms with E-state index in [0.717, 1.165) is 0 Å². The fourth-order valence-electron chi connectivity index (χ4n) is 0.139. The molecule has 7 nitrogen and oxygen atoms in total. The van der Waals surface area contributed by atoms with E-state index in [1.54, 1.807) is 0 Å². The molecule has 11 heteroatoms. The molecule has 0 saturated carbocycles. The first-order valence-electron chi connectivity index (χ1n) is 1.53. The molecule has 0 atom stereocenters. The molecule has 0 heterocycles. The monoisotopic (exact) mass is 421 g/mol. The minimum atomic E-state index is -5.05. The van der Waals surface area contributed by atoms with Crippen LogP contribution in [0, 0.1) is 49.4 Å². The van der Waals surface area contributed by atoms with E-state index in [4.69, 9.17) is 19.6 Å². The van der Waals surface area contributed by atoms with Crippen molar-refractivity contribution < 1.29 is 82.4 Å². The molecule has 0 aliphatic rings. The van der Waals surface area contributed by atoms with Crippen molar-refractivity contribution in [2.24, 2.45) is 0 Å². The summed E-state index contributed by atoms with van der Waals surface area (Å²) in [4.78, 5) is 31.0. The van der Waals surface area contributed by atoms with Crippen molar-refractivity contribution in [1.82, 2.24) is 0 Å². The van der Waals surface area contributed by atoms with Gasteiger partial charge in [-0.25, -0.2) is 9.13 Å². The summed E-state index contributed by atoms with van der Waals surface area (Å²) in [5.74, 6) is 0. The van der Waals surface area contributed by atoms with Gasteiger partial charge in [0.25, 0.3) is 0 Å². The van der Waals surface area contributed by atoms with E-state index in [1.807, 2.05) is 0 Å². The third-order valence-corrected chi connectivity index (χ3v) is 1.91. The van der Waals surface area contributed by atoms with E-state index in [2.05, 4.69) is 4.31 Å². The summed E-state index contributed by atoms with van der Waals surface area (Å²) < 4.78 is 22.2. The van der Waals surface area contributed by atoms with Crippen LogP contribution in [0.3, 0.4) is 0 Å². The molecule has 0 aromatic carbocycles. The molecule has 11 heavy (non-hydrogen) atoms. The van der Waals surface area contributed by atoms with Crippen molar-refractivity contribution in [3.8, 4) is 0 Å². The molecule has 0 aromatic heterocycles. The van der Waals surface area contributed by atoms with Crippen molar-refractivity contribution in [3.63, 3.8) is 0 Å². The normalized spacial score (nSPS) is 11.3. The quantitative estimate of drug-likeness (QED) is 0.310. The van der Waals surface area contributed by atoms with Gasteiger partial charge < -0.3 is 19.6 Å². The number of rotatable bonds is 2. The van der Waals surface area contributed by atoms with Gasteiger partial charge in [-0.15, -0.1) is 0 Å². The van der Waals surface area contributed by atoms with E-state index in [0.29, 0.717) is 0 Å². The summed E-state index contributed by atoms with van der Waals surface area (Å²) in [5.41, 5.74) is 0. The van der Waals surface area contributed by atoms with Crippen LogP contribution >= 0.6 is 15.6 Å². The first kappa shape index (κ1) is 19.8. The third-order valence-electron chi connectivity index (χ3n) is 0.213. The Bertz CT molecular complexity index is 157. The summed E-state index contributed by atoms with van der Waals surface area (Å²) in [7, 11) is -10.1. The second-order valence-electron chi connectivity index (χ2n) is 1.06. The number of hydrogen-bond acceptors (Lipinski definition) is 3. The van der Waals surface area contributed by atoms with Crippen molar-refractivity contribution in [3.05, 3.63) is 0 Å². The predicted molar refractivity (Wildman–Crippen MR) is 33.7 cm³/mol. The molecule has 0 saturated heterocycles. The molecule has 4 N–H and O–H groups in total. The Morgan fingerprint density at radius 3 is 1.09 bits per heavy atom. The Morgan fingerprint density at radius 1 is 0.909 bits per heavy atom. The van der Waals surface area contributed by atoms with Gasteiger partial charge in [-0.05, 0) is 0 Å². The fraction of sp³-hybridized carbons (Fsp3) is 0. The maximum absolute atomic E-state index is 9.63. The number of phosphoric acid groups is 2. The van der Waals surface area contributed by atoms with Gasteiger partial charge in [-0.1, -0.05) is 0 Å². The zero-order chi connectivity index (χ0) is 7.71. The van der Waals surface area contributed by atoms with E-state index in [-0.39, 0.29) is 94.9 Å². The summed E-state index contributed by atoms with van der Waals surface area (Å²) in [6.45, 7) is 0. The summed E-state index contributed by atoms with van der Waals surface area (Å²) in [6.07, 6.45) is 0. The van der Waals surface area contributed by atoms with Crippen LogP contribution < -0.4 is 0 Å². The Kier molecular flexibility index (Phi) is 13.7. The van der Waals surface area contributed by atoms with Gasteiger partial charge in [0.2, 0.25) is 0 Å². The van der Waals surface area contributed by atoms with Crippen LogP contribution in [0.2, 0.25) is 0 Å². The third kappa shape index (κ3) is 19.7. The van der Waals surface area contributed by atoms with Gasteiger partial charge in [0.1, 0.15) is 0 Å². The molecule has 0 fully saturated rings. The molecule has 67 valence electrons. The van der Waals surface area contributed by atoms with Crippen molar-refractivity contribution in [1.29, 1.82) is 0 Å². The average Bonchev–Trinajstić information content (AvgIpc) is 1.14. The topological polar surface area (TPSA) is 124 Å². The van der Waals surface area contributed by atoms with E-state index < -0.39 is 15.6 Å². The van der Waals surface area contributed by atoms with Crippen LogP contribution in [0.4, 0.5) is 0 Å². The summed E-state index contributed by atoms with van der Waals surface area (Å²) in [6, 6.07) is 0. The van der Waals surface area contributed by atoms with E-state index >= 15 is 0 Å². The maximum atomic E-state index is 9.63. The zero-order valence-electron chi connectivity index (χ0n) is 4.29. The molecule has 0 unspecified atom stereocenters. The van der Waals surface area contributed by atoms with Crippen LogP contribution in [-0.2, 0) is 13.4 Å². The Labute approximate surface area is 140 Å². The van der Waals surface area contributed by atoms with Crippen LogP contribution in [0.15, 0.2) is 0 Å². The SMILES string of the molecule is O=P(O)(O)OP(=O)(O)O.[Eu].[SrH2]. The van der Waals surface area contributed by atoms with Gasteiger partial charge in [-0.3, -0.25) is 0 Å². The van der Waals surface area contributed by atoms with Gasteiger partial charge in [0.15, 0.2) is 0 Å². The van der Waals surface area contributed by atoms with Crippen molar-refractivity contribution in [2.75, 3.05) is 0 Å². The van der Waals surface area contributed by atoms with Crippen LogP contribution in [0.5, 0.6) is 0 Å². The molecule has 0 aliphatic carbocycles. The second kappa shape index (κ2) is 7.60. The molecular weight excluding hydrogens is 414 g/mol. The second-order valence-corrected chi connectivity index (χ2v) is 3.68. The van der Waals surface area contributed by atoms with Gasteiger partial charge in [0, 0.05) is 49.4 Å². The van der Waals surface area contributed by atoms with Gasteiger partial charge in [-0.2, -0.15) is 4.31 Å². The average molecular weight is 420 g/mol. The fourth-order valence-corrected chi connectivity index (χ4v) is 1.25. The van der Waals surface area contributed by atoms with Crippen LogP contribution in [0.25, 0.3) is 0 Å². The first-order valence-corrected chi connectivity index (χ1v) is 4.59. The van der Waals surface area contributed by atoms with Crippen molar-refractivity contribution >= 4 is 61.1 Å².